The average molecular weight is 434 g/mol. The predicted octanol–water partition coefficient (Wildman–Crippen LogP) is 4.41. The van der Waals surface area contributed by atoms with Gasteiger partial charge in [0.25, 0.3) is 0 Å². The molecule has 4 nitrogen and oxygen atoms in total. The first-order chi connectivity index (χ1) is 12.9. The fourth-order valence-corrected chi connectivity index (χ4v) is 8.07. The number of halogens is 1. The fraction of sp³-hybridized carbons (Fsp3) is 0.682. The molecule has 6 rings (SSSR count). The van der Waals surface area contributed by atoms with E-state index in [9.17, 15) is 4.79 Å². The van der Waals surface area contributed by atoms with Gasteiger partial charge in [0.1, 0.15) is 6.61 Å². The monoisotopic (exact) mass is 433 g/mol. The summed E-state index contributed by atoms with van der Waals surface area (Å²) in [5.74, 6) is 3.46. The molecule has 1 aromatic carbocycles. The molecule has 4 aliphatic carbocycles. The Labute approximate surface area is 169 Å². The van der Waals surface area contributed by atoms with Crippen LogP contribution in [-0.4, -0.2) is 41.4 Å². The van der Waals surface area contributed by atoms with Crippen LogP contribution in [0.5, 0.6) is 11.5 Å². The van der Waals surface area contributed by atoms with E-state index in [0.29, 0.717) is 23.9 Å². The Hall–Kier alpha value is -1.23. The Kier molecular flexibility index (Phi) is 4.23. The molecule has 4 saturated carbocycles. The minimum atomic E-state index is -0.104. The minimum absolute atomic E-state index is 0.104. The van der Waals surface area contributed by atoms with Crippen LogP contribution < -0.4 is 9.47 Å². The first-order valence-electron chi connectivity index (χ1n) is 10.2. The van der Waals surface area contributed by atoms with Crippen molar-refractivity contribution in [1.82, 2.24) is 4.90 Å². The van der Waals surface area contributed by atoms with Crippen LogP contribution in [0.15, 0.2) is 24.3 Å². The summed E-state index contributed by atoms with van der Waals surface area (Å²) in [6.45, 7) is 1.07. The van der Waals surface area contributed by atoms with Crippen molar-refractivity contribution in [1.29, 1.82) is 0 Å². The molecule has 0 spiro atoms. The number of nitrogens with zero attached hydrogens (tertiary/aromatic N) is 1. The lowest BCUT2D eigenvalue weighted by molar-refractivity contribution is -0.138. The highest BCUT2D eigenvalue weighted by Crippen LogP contribution is 2.65. The van der Waals surface area contributed by atoms with Gasteiger partial charge in [-0.05, 0) is 67.9 Å². The predicted molar refractivity (Wildman–Crippen MR) is 107 cm³/mol. The largest absolute Gasteiger partial charge is 0.486 e. The second-order valence-electron chi connectivity index (χ2n) is 9.56. The summed E-state index contributed by atoms with van der Waals surface area (Å²) in [5.41, 5.74) is 0.218. The van der Waals surface area contributed by atoms with E-state index in [1.165, 1.54) is 38.5 Å². The smallest absolute Gasteiger partial charge is 0.222 e. The molecule has 5 heteroatoms. The van der Waals surface area contributed by atoms with Gasteiger partial charge in [0.2, 0.25) is 5.91 Å². The maximum Gasteiger partial charge on any atom is 0.222 e. The number of alkyl halides is 1. The van der Waals surface area contributed by atoms with E-state index >= 15 is 0 Å². The lowest BCUT2D eigenvalue weighted by Crippen LogP contribution is -2.54. The molecule has 0 N–H and O–H groups in total. The van der Waals surface area contributed by atoms with Crippen LogP contribution in [-0.2, 0) is 4.79 Å². The van der Waals surface area contributed by atoms with Gasteiger partial charge in [0, 0.05) is 17.8 Å². The highest BCUT2D eigenvalue weighted by Gasteiger charge is 2.57. The number of benzene rings is 1. The number of amides is 1. The van der Waals surface area contributed by atoms with Gasteiger partial charge in [0.05, 0.1) is 6.54 Å². The molecule has 5 aliphatic rings. The lowest BCUT2D eigenvalue weighted by atomic mass is 9.48. The second kappa shape index (κ2) is 6.40. The van der Waals surface area contributed by atoms with Crippen LogP contribution in [0.2, 0.25) is 0 Å². The fourth-order valence-electron chi connectivity index (χ4n) is 6.56. The first kappa shape index (κ1) is 17.8. The van der Waals surface area contributed by atoms with E-state index in [1.54, 1.807) is 0 Å². The Morgan fingerprint density at radius 3 is 2.59 bits per heavy atom. The van der Waals surface area contributed by atoms with Gasteiger partial charge in [-0.25, -0.2) is 0 Å². The second-order valence-corrected chi connectivity index (χ2v) is 11.2. The number of hydrogen-bond acceptors (Lipinski definition) is 3. The highest BCUT2D eigenvalue weighted by atomic mass is 79.9. The van der Waals surface area contributed by atoms with Crippen molar-refractivity contribution < 1.29 is 14.3 Å². The number of ether oxygens (including phenoxy) is 2. The quantitative estimate of drug-likeness (QED) is 0.660. The van der Waals surface area contributed by atoms with Gasteiger partial charge in [-0.2, -0.15) is 0 Å². The number of para-hydroxylation sites is 2. The van der Waals surface area contributed by atoms with E-state index in [-0.39, 0.29) is 17.4 Å². The normalized spacial score (nSPS) is 38.7. The Bertz CT molecular complexity index is 737. The maximum absolute atomic E-state index is 13.1. The van der Waals surface area contributed by atoms with Crippen LogP contribution in [0, 0.1) is 17.3 Å². The Morgan fingerprint density at radius 2 is 1.89 bits per heavy atom. The zero-order valence-corrected chi connectivity index (χ0v) is 17.5. The molecular formula is C22H28BrNO3. The van der Waals surface area contributed by atoms with Gasteiger partial charge >= 0.3 is 0 Å². The van der Waals surface area contributed by atoms with E-state index in [4.69, 9.17) is 9.47 Å². The molecule has 1 aromatic rings. The summed E-state index contributed by atoms with van der Waals surface area (Å²) in [6, 6.07) is 7.74. The summed E-state index contributed by atoms with van der Waals surface area (Å²) in [6.07, 6.45) is 8.24. The molecular weight excluding hydrogens is 406 g/mol. The molecule has 4 bridgehead atoms. The topological polar surface area (TPSA) is 38.8 Å². The molecule has 1 aliphatic heterocycles. The molecule has 4 fully saturated rings. The lowest BCUT2D eigenvalue weighted by Gasteiger charge is -2.60. The zero-order valence-electron chi connectivity index (χ0n) is 16.0. The standard InChI is InChI=1S/C22H28BrNO3/c1-24(12-17-13-26-18-4-2-3-5-19(18)27-17)20(25)11-21-7-15-6-16(8-21)10-22(23,9-15)14-21/h2-5,15-17H,6-14H2,1H3. The van der Waals surface area contributed by atoms with Crippen molar-refractivity contribution in [3.63, 3.8) is 0 Å². The molecule has 27 heavy (non-hydrogen) atoms. The summed E-state index contributed by atoms with van der Waals surface area (Å²) in [5, 5.41) is 0. The first-order valence-corrected chi connectivity index (χ1v) is 11.0. The number of hydrogen-bond donors (Lipinski definition) is 0. The van der Waals surface area contributed by atoms with Gasteiger partial charge in [-0.1, -0.05) is 28.1 Å². The summed E-state index contributed by atoms with van der Waals surface area (Å²) in [7, 11) is 1.91. The third kappa shape index (κ3) is 3.37. The van der Waals surface area contributed by atoms with Crippen molar-refractivity contribution >= 4 is 21.8 Å². The summed E-state index contributed by atoms with van der Waals surface area (Å²) in [4.78, 5) is 14.9. The van der Waals surface area contributed by atoms with Gasteiger partial charge < -0.3 is 14.4 Å². The zero-order chi connectivity index (χ0) is 18.6. The van der Waals surface area contributed by atoms with Crippen molar-refractivity contribution in [2.24, 2.45) is 17.3 Å². The Balaban J connectivity index is 1.22. The van der Waals surface area contributed by atoms with Crippen LogP contribution in [0.3, 0.4) is 0 Å². The van der Waals surface area contributed by atoms with Gasteiger partial charge in [-0.3, -0.25) is 4.79 Å². The number of carbonyl (C=O) groups excluding carboxylic acids is 1. The van der Waals surface area contributed by atoms with Crippen molar-refractivity contribution in [3.8, 4) is 11.5 Å². The van der Waals surface area contributed by atoms with Gasteiger partial charge in [-0.15, -0.1) is 0 Å². The molecule has 1 heterocycles. The molecule has 1 amide bonds. The molecule has 0 radical (unpaired) electrons. The molecule has 3 unspecified atom stereocenters. The van der Waals surface area contributed by atoms with Crippen LogP contribution in [0.4, 0.5) is 0 Å². The summed E-state index contributed by atoms with van der Waals surface area (Å²) < 4.78 is 12.1. The maximum atomic E-state index is 13.1. The van der Waals surface area contributed by atoms with E-state index < -0.39 is 0 Å². The molecule has 3 atom stereocenters. The van der Waals surface area contributed by atoms with Crippen molar-refractivity contribution in [2.45, 2.75) is 55.4 Å². The molecule has 146 valence electrons. The van der Waals surface area contributed by atoms with Crippen LogP contribution in [0.1, 0.15) is 44.9 Å². The summed E-state index contributed by atoms with van der Waals surface area (Å²) >= 11 is 4.05. The Morgan fingerprint density at radius 1 is 1.19 bits per heavy atom. The minimum Gasteiger partial charge on any atom is -0.486 e. The third-order valence-corrected chi connectivity index (χ3v) is 8.04. The van der Waals surface area contributed by atoms with Crippen molar-refractivity contribution in [2.75, 3.05) is 20.2 Å². The third-order valence-electron chi connectivity index (χ3n) is 7.11. The van der Waals surface area contributed by atoms with Crippen molar-refractivity contribution in [3.05, 3.63) is 24.3 Å². The van der Waals surface area contributed by atoms with Crippen LogP contribution >= 0.6 is 15.9 Å². The SMILES string of the molecule is CN(CC1COc2ccccc2O1)C(=O)CC12CC3CC(CC(Br)(C3)C1)C2. The number of likely N-dealkylation sites (N-methyl/N-ethyl adjacent to an activating group) is 1. The number of rotatable bonds is 4. The molecule has 0 saturated heterocycles. The number of carbonyl (C=O) groups is 1. The average Bonchev–Trinajstić information content (AvgIpc) is 2.59. The molecule has 0 aromatic heterocycles. The van der Waals surface area contributed by atoms with E-state index in [1.807, 2.05) is 36.2 Å². The van der Waals surface area contributed by atoms with Gasteiger partial charge in [0.15, 0.2) is 17.6 Å². The highest BCUT2D eigenvalue weighted by molar-refractivity contribution is 9.10. The van der Waals surface area contributed by atoms with E-state index in [2.05, 4.69) is 15.9 Å². The van der Waals surface area contributed by atoms with E-state index in [0.717, 1.165) is 23.3 Å². The van der Waals surface area contributed by atoms with Crippen LogP contribution in [0.25, 0.3) is 0 Å². The number of fused-ring (bicyclic) bond motifs is 1.